The second kappa shape index (κ2) is 5.24. The Morgan fingerprint density at radius 3 is 2.67 bits per heavy atom. The summed E-state index contributed by atoms with van der Waals surface area (Å²) in [5, 5.41) is 20.6. The summed E-state index contributed by atoms with van der Waals surface area (Å²) >= 11 is 0. The lowest BCUT2D eigenvalue weighted by molar-refractivity contribution is 0.201. The molecule has 2 aliphatic rings. The van der Waals surface area contributed by atoms with Gasteiger partial charge in [0.05, 0.1) is 6.54 Å². The van der Waals surface area contributed by atoms with Gasteiger partial charge in [-0.15, -0.1) is 5.10 Å². The maximum Gasteiger partial charge on any atom is 0.318 e. The second-order valence-corrected chi connectivity index (χ2v) is 5.25. The number of nitrogens with zero attached hydrogens (tertiary/aromatic N) is 3. The zero-order valence-electron chi connectivity index (χ0n) is 10.5. The molecule has 0 unspecified atom stereocenters. The Bertz CT molecular complexity index is 383. The molecule has 1 aliphatic heterocycles. The van der Waals surface area contributed by atoms with Crippen molar-refractivity contribution in [3.63, 3.8) is 0 Å². The fourth-order valence-electron chi connectivity index (χ4n) is 2.27. The topological polar surface area (TPSA) is 74.4 Å². The maximum atomic E-state index is 9.10. The quantitative estimate of drug-likeness (QED) is 0.796. The van der Waals surface area contributed by atoms with Crippen molar-refractivity contribution in [3.8, 4) is 0 Å². The molecular weight excluding hydrogens is 232 g/mol. The molecule has 0 radical (unpaired) electrons. The van der Waals surface area contributed by atoms with Crippen LogP contribution >= 0.6 is 0 Å². The van der Waals surface area contributed by atoms with Crippen LogP contribution in [0.15, 0.2) is 4.42 Å². The van der Waals surface area contributed by atoms with Crippen LogP contribution in [0.2, 0.25) is 0 Å². The first-order valence-corrected chi connectivity index (χ1v) is 6.76. The smallest absolute Gasteiger partial charge is 0.318 e. The van der Waals surface area contributed by atoms with E-state index in [9.17, 15) is 0 Å². The first-order chi connectivity index (χ1) is 8.85. The van der Waals surface area contributed by atoms with Crippen LogP contribution in [0.25, 0.3) is 0 Å². The van der Waals surface area contributed by atoms with Crippen LogP contribution in [0.3, 0.4) is 0 Å². The molecule has 18 heavy (non-hydrogen) atoms. The van der Waals surface area contributed by atoms with E-state index in [1.807, 2.05) is 0 Å². The number of hydrogen-bond acceptors (Lipinski definition) is 6. The molecule has 0 spiro atoms. The maximum absolute atomic E-state index is 9.10. The number of piperidine rings is 1. The van der Waals surface area contributed by atoms with Gasteiger partial charge < -0.3 is 19.7 Å². The first-order valence-electron chi connectivity index (χ1n) is 6.76. The Hall–Kier alpha value is -1.14. The van der Waals surface area contributed by atoms with Gasteiger partial charge >= 0.3 is 6.01 Å². The lowest BCUT2D eigenvalue weighted by atomic mass is 9.98. The van der Waals surface area contributed by atoms with Gasteiger partial charge in [0.15, 0.2) is 0 Å². The van der Waals surface area contributed by atoms with Gasteiger partial charge in [0.1, 0.15) is 0 Å². The molecule has 0 aromatic carbocycles. The molecule has 6 heteroatoms. The van der Waals surface area contributed by atoms with Gasteiger partial charge in [-0.3, -0.25) is 0 Å². The van der Waals surface area contributed by atoms with Crippen molar-refractivity contribution in [2.45, 2.75) is 38.3 Å². The molecule has 2 heterocycles. The predicted octanol–water partition coefficient (Wildman–Crippen LogP) is 0.530. The third-order valence-corrected chi connectivity index (χ3v) is 3.72. The van der Waals surface area contributed by atoms with E-state index in [0.717, 1.165) is 25.9 Å². The minimum absolute atomic E-state index is 0.286. The summed E-state index contributed by atoms with van der Waals surface area (Å²) < 4.78 is 5.65. The van der Waals surface area contributed by atoms with E-state index < -0.39 is 0 Å². The standard InChI is InChI=1S/C12H20N4O2/c17-8-9-3-5-16(6-4-9)12-15-14-11(18-12)7-13-10-1-2-10/h9-10,13,17H,1-8H2. The Kier molecular flexibility index (Phi) is 3.47. The fraction of sp³-hybridized carbons (Fsp3) is 0.833. The molecule has 0 amide bonds. The van der Waals surface area contributed by atoms with Crippen molar-refractivity contribution in [3.05, 3.63) is 5.89 Å². The second-order valence-electron chi connectivity index (χ2n) is 5.25. The molecule has 6 nitrogen and oxygen atoms in total. The first kappa shape index (κ1) is 11.9. The van der Waals surface area contributed by atoms with Gasteiger partial charge in [-0.25, -0.2) is 0 Å². The highest BCUT2D eigenvalue weighted by Crippen LogP contribution is 2.22. The lowest BCUT2D eigenvalue weighted by Crippen LogP contribution is -2.34. The van der Waals surface area contributed by atoms with E-state index in [2.05, 4.69) is 20.4 Å². The third-order valence-electron chi connectivity index (χ3n) is 3.72. The van der Waals surface area contributed by atoms with E-state index in [1.165, 1.54) is 12.8 Å². The van der Waals surface area contributed by atoms with Gasteiger partial charge in [-0.2, -0.15) is 0 Å². The van der Waals surface area contributed by atoms with Crippen molar-refractivity contribution in [1.29, 1.82) is 0 Å². The highest BCUT2D eigenvalue weighted by atomic mass is 16.4. The Morgan fingerprint density at radius 2 is 2.00 bits per heavy atom. The largest absolute Gasteiger partial charge is 0.407 e. The minimum Gasteiger partial charge on any atom is -0.407 e. The monoisotopic (exact) mass is 252 g/mol. The number of nitrogens with one attached hydrogen (secondary N) is 1. The highest BCUT2D eigenvalue weighted by molar-refractivity contribution is 5.24. The number of aromatic nitrogens is 2. The van der Waals surface area contributed by atoms with E-state index in [0.29, 0.717) is 30.4 Å². The molecule has 1 aromatic heterocycles. The minimum atomic E-state index is 0.286. The highest BCUT2D eigenvalue weighted by Gasteiger charge is 2.24. The van der Waals surface area contributed by atoms with Crippen molar-refractivity contribution in [2.24, 2.45) is 5.92 Å². The number of rotatable bonds is 5. The Balaban J connectivity index is 1.52. The predicted molar refractivity (Wildman–Crippen MR) is 66.2 cm³/mol. The molecule has 0 bridgehead atoms. The van der Waals surface area contributed by atoms with E-state index >= 15 is 0 Å². The van der Waals surface area contributed by atoms with Crippen LogP contribution in [-0.4, -0.2) is 41.0 Å². The Labute approximate surface area is 106 Å². The molecule has 2 fully saturated rings. The summed E-state index contributed by atoms with van der Waals surface area (Å²) in [6, 6.07) is 1.28. The van der Waals surface area contributed by atoms with Crippen molar-refractivity contribution >= 4 is 6.01 Å². The van der Waals surface area contributed by atoms with Crippen molar-refractivity contribution in [2.75, 3.05) is 24.6 Å². The molecule has 2 N–H and O–H groups in total. The zero-order valence-corrected chi connectivity index (χ0v) is 10.5. The number of aliphatic hydroxyl groups excluding tert-OH is 1. The van der Waals surface area contributed by atoms with Gasteiger partial charge in [-0.05, 0) is 31.6 Å². The molecule has 3 rings (SSSR count). The van der Waals surface area contributed by atoms with Gasteiger partial charge in [0.25, 0.3) is 0 Å². The molecule has 1 saturated heterocycles. The SMILES string of the molecule is OCC1CCN(c2nnc(CNC3CC3)o2)CC1. The van der Waals surface area contributed by atoms with Crippen molar-refractivity contribution in [1.82, 2.24) is 15.5 Å². The van der Waals surface area contributed by atoms with E-state index in [-0.39, 0.29) is 6.61 Å². The summed E-state index contributed by atoms with van der Waals surface area (Å²) in [7, 11) is 0. The summed E-state index contributed by atoms with van der Waals surface area (Å²) in [5.41, 5.74) is 0. The number of anilines is 1. The molecular formula is C12H20N4O2. The Morgan fingerprint density at radius 1 is 1.22 bits per heavy atom. The fourth-order valence-corrected chi connectivity index (χ4v) is 2.27. The van der Waals surface area contributed by atoms with Crippen LogP contribution in [0.5, 0.6) is 0 Å². The summed E-state index contributed by atoms with van der Waals surface area (Å²) in [6.45, 7) is 2.74. The molecule has 100 valence electrons. The van der Waals surface area contributed by atoms with E-state index in [4.69, 9.17) is 9.52 Å². The normalized spacial score (nSPS) is 21.5. The van der Waals surface area contributed by atoms with Crippen LogP contribution in [-0.2, 0) is 6.54 Å². The molecule has 0 atom stereocenters. The lowest BCUT2D eigenvalue weighted by Gasteiger charge is -2.29. The van der Waals surface area contributed by atoms with Crippen LogP contribution < -0.4 is 10.2 Å². The summed E-state index contributed by atoms with van der Waals surface area (Å²) in [6.07, 6.45) is 4.51. The van der Waals surface area contributed by atoms with Crippen LogP contribution in [0.1, 0.15) is 31.6 Å². The molecule has 1 aliphatic carbocycles. The molecule has 1 aromatic rings. The van der Waals surface area contributed by atoms with Gasteiger partial charge in [-0.1, -0.05) is 5.10 Å². The number of aliphatic hydroxyl groups is 1. The zero-order chi connectivity index (χ0) is 12.4. The van der Waals surface area contributed by atoms with Gasteiger partial charge in [0, 0.05) is 25.7 Å². The third kappa shape index (κ3) is 2.81. The summed E-state index contributed by atoms with van der Waals surface area (Å²) in [5.74, 6) is 1.10. The number of hydrogen-bond donors (Lipinski definition) is 2. The van der Waals surface area contributed by atoms with Crippen LogP contribution in [0, 0.1) is 5.92 Å². The summed E-state index contributed by atoms with van der Waals surface area (Å²) in [4.78, 5) is 2.11. The van der Waals surface area contributed by atoms with Crippen LogP contribution in [0.4, 0.5) is 6.01 Å². The van der Waals surface area contributed by atoms with Gasteiger partial charge in [0.2, 0.25) is 5.89 Å². The average Bonchev–Trinajstić information content (AvgIpc) is 3.14. The van der Waals surface area contributed by atoms with Crippen molar-refractivity contribution < 1.29 is 9.52 Å². The van der Waals surface area contributed by atoms with E-state index in [1.54, 1.807) is 0 Å². The molecule has 1 saturated carbocycles. The average molecular weight is 252 g/mol.